The Bertz CT molecular complexity index is 652. The number of likely N-dealkylation sites (tertiary alicyclic amines) is 2. The zero-order valence-corrected chi connectivity index (χ0v) is 14.3. The molecule has 3 fully saturated rings. The average Bonchev–Trinajstić information content (AvgIpc) is 3.12. The highest BCUT2D eigenvalue weighted by atomic mass is 16.5. The third-order valence-corrected chi connectivity index (χ3v) is 5.77. The number of nitrogens with zero attached hydrogens (tertiary/aromatic N) is 3. The molecule has 24 heavy (non-hydrogen) atoms. The topological polar surface area (TPSA) is 66.7 Å². The molecule has 3 heterocycles. The molecule has 4 rings (SSSR count). The second-order valence-corrected chi connectivity index (χ2v) is 7.59. The van der Waals surface area contributed by atoms with Gasteiger partial charge in [-0.1, -0.05) is 12.1 Å². The van der Waals surface area contributed by atoms with E-state index in [1.165, 1.54) is 12.8 Å². The van der Waals surface area contributed by atoms with Crippen molar-refractivity contribution in [2.45, 2.75) is 45.4 Å². The molecule has 1 aromatic heterocycles. The summed E-state index contributed by atoms with van der Waals surface area (Å²) in [4.78, 5) is 29.5. The van der Waals surface area contributed by atoms with Crippen LogP contribution in [0.15, 0.2) is 10.6 Å². The summed E-state index contributed by atoms with van der Waals surface area (Å²) in [6.07, 6.45) is 5.97. The molecular formula is C18H25N3O3. The van der Waals surface area contributed by atoms with Crippen LogP contribution in [0.5, 0.6) is 0 Å². The maximum absolute atomic E-state index is 13.0. The molecule has 6 heteroatoms. The Morgan fingerprint density at radius 3 is 2.92 bits per heavy atom. The van der Waals surface area contributed by atoms with Crippen LogP contribution in [0.1, 0.15) is 55.3 Å². The van der Waals surface area contributed by atoms with E-state index in [-0.39, 0.29) is 17.2 Å². The maximum Gasteiger partial charge on any atom is 0.292 e. The lowest BCUT2D eigenvalue weighted by molar-refractivity contribution is -0.145. The van der Waals surface area contributed by atoms with Crippen LogP contribution in [0.3, 0.4) is 0 Å². The quantitative estimate of drug-likeness (QED) is 0.847. The number of amides is 2. The van der Waals surface area contributed by atoms with Gasteiger partial charge in [0.15, 0.2) is 0 Å². The standard InChI is InChI=1S/C18H25N3O3/c1-2-14-10-15(24-19-14)16(22)21-9-7-18(12-21)6-3-8-20(17(18)23)11-13-4-5-13/h10,13H,2-9,11-12H2,1H3. The van der Waals surface area contributed by atoms with Crippen molar-refractivity contribution in [3.63, 3.8) is 0 Å². The summed E-state index contributed by atoms with van der Waals surface area (Å²) < 4.78 is 5.18. The van der Waals surface area contributed by atoms with E-state index in [1.807, 2.05) is 6.92 Å². The van der Waals surface area contributed by atoms with Crippen molar-refractivity contribution >= 4 is 11.8 Å². The number of piperidine rings is 1. The van der Waals surface area contributed by atoms with Crippen molar-refractivity contribution in [2.24, 2.45) is 11.3 Å². The minimum atomic E-state index is -0.365. The van der Waals surface area contributed by atoms with Gasteiger partial charge in [-0.15, -0.1) is 0 Å². The van der Waals surface area contributed by atoms with Crippen LogP contribution in [-0.4, -0.2) is 52.9 Å². The van der Waals surface area contributed by atoms with E-state index in [2.05, 4.69) is 10.1 Å². The lowest BCUT2D eigenvalue weighted by atomic mass is 9.78. The molecule has 3 aliphatic rings. The van der Waals surface area contributed by atoms with E-state index >= 15 is 0 Å². The average molecular weight is 331 g/mol. The Balaban J connectivity index is 1.46. The molecule has 1 atom stereocenters. The normalized spacial score (nSPS) is 27.3. The number of rotatable bonds is 4. The molecule has 0 aromatic carbocycles. The van der Waals surface area contributed by atoms with Gasteiger partial charge in [0, 0.05) is 32.2 Å². The van der Waals surface area contributed by atoms with Crippen molar-refractivity contribution in [1.82, 2.24) is 15.0 Å². The van der Waals surface area contributed by atoms with Crippen molar-refractivity contribution < 1.29 is 14.1 Å². The molecule has 0 bridgehead atoms. The maximum atomic E-state index is 13.0. The Labute approximate surface area is 142 Å². The highest BCUT2D eigenvalue weighted by molar-refractivity contribution is 5.93. The highest BCUT2D eigenvalue weighted by Crippen LogP contribution is 2.42. The first-order valence-corrected chi connectivity index (χ1v) is 9.15. The van der Waals surface area contributed by atoms with Crippen LogP contribution < -0.4 is 0 Å². The van der Waals surface area contributed by atoms with Crippen LogP contribution in [-0.2, 0) is 11.2 Å². The molecule has 1 spiro atoms. The summed E-state index contributed by atoms with van der Waals surface area (Å²) in [6, 6.07) is 1.72. The smallest absolute Gasteiger partial charge is 0.292 e. The second-order valence-electron chi connectivity index (χ2n) is 7.59. The van der Waals surface area contributed by atoms with E-state index in [9.17, 15) is 9.59 Å². The summed E-state index contributed by atoms with van der Waals surface area (Å²) in [5.74, 6) is 1.14. The molecule has 1 unspecified atom stereocenters. The highest BCUT2D eigenvalue weighted by Gasteiger charge is 2.50. The van der Waals surface area contributed by atoms with Gasteiger partial charge in [0.05, 0.1) is 11.1 Å². The van der Waals surface area contributed by atoms with Gasteiger partial charge in [0.25, 0.3) is 5.91 Å². The third kappa shape index (κ3) is 2.72. The molecule has 0 N–H and O–H groups in total. The van der Waals surface area contributed by atoms with Gasteiger partial charge in [0.1, 0.15) is 0 Å². The SMILES string of the molecule is CCc1cc(C(=O)N2CCC3(CCCN(CC4CC4)C3=O)C2)on1. The predicted octanol–water partition coefficient (Wildman–Crippen LogP) is 2.10. The van der Waals surface area contributed by atoms with Crippen molar-refractivity contribution in [2.75, 3.05) is 26.2 Å². The van der Waals surface area contributed by atoms with Crippen molar-refractivity contribution in [3.8, 4) is 0 Å². The number of carbonyl (C=O) groups excluding carboxylic acids is 2. The minimum absolute atomic E-state index is 0.133. The Kier molecular flexibility index (Phi) is 3.85. The number of aryl methyl sites for hydroxylation is 1. The lowest BCUT2D eigenvalue weighted by Gasteiger charge is -2.39. The fraction of sp³-hybridized carbons (Fsp3) is 0.722. The summed E-state index contributed by atoms with van der Waals surface area (Å²) in [5, 5.41) is 3.90. The van der Waals surface area contributed by atoms with Gasteiger partial charge in [0.2, 0.25) is 11.7 Å². The van der Waals surface area contributed by atoms with Crippen molar-refractivity contribution in [3.05, 3.63) is 17.5 Å². The van der Waals surface area contributed by atoms with Crippen LogP contribution in [0.4, 0.5) is 0 Å². The lowest BCUT2D eigenvalue weighted by Crippen LogP contribution is -2.50. The van der Waals surface area contributed by atoms with Crippen LogP contribution in [0.2, 0.25) is 0 Å². The Morgan fingerprint density at radius 2 is 2.21 bits per heavy atom. The monoisotopic (exact) mass is 331 g/mol. The summed E-state index contributed by atoms with van der Waals surface area (Å²) >= 11 is 0. The van der Waals surface area contributed by atoms with Crippen LogP contribution in [0.25, 0.3) is 0 Å². The van der Waals surface area contributed by atoms with Gasteiger partial charge >= 0.3 is 0 Å². The van der Waals surface area contributed by atoms with Gasteiger partial charge in [-0.2, -0.15) is 0 Å². The van der Waals surface area contributed by atoms with Crippen LogP contribution >= 0.6 is 0 Å². The summed E-state index contributed by atoms with van der Waals surface area (Å²) in [7, 11) is 0. The fourth-order valence-corrected chi connectivity index (χ4v) is 4.10. The predicted molar refractivity (Wildman–Crippen MR) is 87.4 cm³/mol. The largest absolute Gasteiger partial charge is 0.351 e. The van der Waals surface area contributed by atoms with Gasteiger partial charge in [-0.3, -0.25) is 9.59 Å². The number of aromatic nitrogens is 1. The van der Waals surface area contributed by atoms with Gasteiger partial charge in [-0.25, -0.2) is 0 Å². The molecule has 0 radical (unpaired) electrons. The van der Waals surface area contributed by atoms with E-state index in [0.29, 0.717) is 24.8 Å². The van der Waals surface area contributed by atoms with Crippen molar-refractivity contribution in [1.29, 1.82) is 0 Å². The second kappa shape index (κ2) is 5.90. The first kappa shape index (κ1) is 15.7. The zero-order chi connectivity index (χ0) is 16.7. The number of hydrogen-bond acceptors (Lipinski definition) is 4. The van der Waals surface area contributed by atoms with E-state index in [0.717, 1.165) is 44.5 Å². The molecule has 1 aromatic rings. The molecule has 1 saturated carbocycles. The Morgan fingerprint density at radius 1 is 1.38 bits per heavy atom. The molecule has 1 aliphatic carbocycles. The fourth-order valence-electron chi connectivity index (χ4n) is 4.10. The van der Waals surface area contributed by atoms with Crippen LogP contribution in [0, 0.1) is 11.3 Å². The Hall–Kier alpha value is -1.85. The first-order valence-electron chi connectivity index (χ1n) is 9.15. The summed E-state index contributed by atoms with van der Waals surface area (Å²) in [6.45, 7) is 4.92. The summed E-state index contributed by atoms with van der Waals surface area (Å²) in [5.41, 5.74) is 0.424. The first-order chi connectivity index (χ1) is 11.6. The van der Waals surface area contributed by atoms with Gasteiger partial charge in [-0.05, 0) is 44.4 Å². The number of hydrogen-bond donors (Lipinski definition) is 0. The molecule has 2 aliphatic heterocycles. The van der Waals surface area contributed by atoms with E-state index in [1.54, 1.807) is 11.0 Å². The molecule has 2 amide bonds. The van der Waals surface area contributed by atoms with Gasteiger partial charge < -0.3 is 14.3 Å². The third-order valence-electron chi connectivity index (χ3n) is 5.77. The minimum Gasteiger partial charge on any atom is -0.351 e. The molecule has 130 valence electrons. The van der Waals surface area contributed by atoms with E-state index in [4.69, 9.17) is 4.52 Å². The zero-order valence-electron chi connectivity index (χ0n) is 14.3. The number of carbonyl (C=O) groups is 2. The molecule has 6 nitrogen and oxygen atoms in total. The molecule has 2 saturated heterocycles. The van der Waals surface area contributed by atoms with E-state index < -0.39 is 0 Å². The molecular weight excluding hydrogens is 306 g/mol.